The normalized spacial score (nSPS) is 16.2. The van der Waals surface area contributed by atoms with E-state index in [1.54, 1.807) is 25.3 Å². The molecule has 4 rings (SSSR count). The van der Waals surface area contributed by atoms with Gasteiger partial charge in [0, 0.05) is 24.1 Å². The van der Waals surface area contributed by atoms with Crippen LogP contribution in [0.25, 0.3) is 0 Å². The Morgan fingerprint density at radius 3 is 2.32 bits per heavy atom. The van der Waals surface area contributed by atoms with Crippen molar-refractivity contribution in [3.8, 4) is 11.5 Å². The number of nitrogens with zero attached hydrogens (tertiary/aromatic N) is 2. The van der Waals surface area contributed by atoms with E-state index < -0.39 is 5.92 Å². The molecule has 2 unspecified atom stereocenters. The Labute approximate surface area is 199 Å². The molecule has 1 aliphatic rings. The number of para-hydroxylation sites is 1. The Morgan fingerprint density at radius 1 is 0.971 bits per heavy atom. The monoisotopic (exact) mass is 456 g/mol. The first-order valence-electron chi connectivity index (χ1n) is 11.2. The number of carbonyl (C=O) groups excluding carboxylic acids is 2. The lowest BCUT2D eigenvalue weighted by Crippen LogP contribution is -2.32. The highest BCUT2D eigenvalue weighted by molar-refractivity contribution is 6.16. The van der Waals surface area contributed by atoms with Gasteiger partial charge in [0.2, 0.25) is 0 Å². The Morgan fingerprint density at radius 2 is 1.68 bits per heavy atom. The summed E-state index contributed by atoms with van der Waals surface area (Å²) in [5.41, 5.74) is 3.89. The molecule has 1 amide bonds. The van der Waals surface area contributed by atoms with Crippen molar-refractivity contribution in [3.05, 3.63) is 89.5 Å². The minimum atomic E-state index is -0.545. The second-order valence-electron chi connectivity index (χ2n) is 8.42. The van der Waals surface area contributed by atoms with E-state index >= 15 is 0 Å². The molecular weight excluding hydrogens is 428 g/mol. The quantitative estimate of drug-likeness (QED) is 0.425. The Bertz CT molecular complexity index is 1220. The summed E-state index contributed by atoms with van der Waals surface area (Å²) < 4.78 is 10.7. The number of Topliss-reactive ketones (excluding diaryl/α,β-unsaturated/α-hetero) is 1. The van der Waals surface area contributed by atoms with Gasteiger partial charge in [0.05, 0.1) is 31.4 Å². The van der Waals surface area contributed by atoms with E-state index in [1.807, 2.05) is 68.4 Å². The number of amides is 1. The van der Waals surface area contributed by atoms with Crippen LogP contribution in [-0.4, -0.2) is 31.6 Å². The third kappa shape index (κ3) is 4.57. The van der Waals surface area contributed by atoms with Crippen molar-refractivity contribution < 1.29 is 19.1 Å². The van der Waals surface area contributed by atoms with E-state index in [9.17, 15) is 9.59 Å². The van der Waals surface area contributed by atoms with Gasteiger partial charge < -0.3 is 9.47 Å². The van der Waals surface area contributed by atoms with Gasteiger partial charge in [0.15, 0.2) is 5.78 Å². The van der Waals surface area contributed by atoms with E-state index in [0.717, 1.165) is 11.1 Å². The molecule has 0 aromatic heterocycles. The number of methoxy groups -OCH3 is 2. The predicted octanol–water partition coefficient (Wildman–Crippen LogP) is 5.41. The lowest BCUT2D eigenvalue weighted by Gasteiger charge is -2.24. The largest absolute Gasteiger partial charge is 0.497 e. The summed E-state index contributed by atoms with van der Waals surface area (Å²) in [7, 11) is 3.09. The van der Waals surface area contributed by atoms with Crippen LogP contribution in [0.4, 0.5) is 5.69 Å². The molecule has 0 bridgehead atoms. The minimum absolute atomic E-state index is 0.108. The van der Waals surface area contributed by atoms with Gasteiger partial charge in [0.25, 0.3) is 5.91 Å². The van der Waals surface area contributed by atoms with Gasteiger partial charge in [-0.1, -0.05) is 48.0 Å². The molecule has 0 saturated heterocycles. The van der Waals surface area contributed by atoms with E-state index in [-0.39, 0.29) is 24.0 Å². The minimum Gasteiger partial charge on any atom is -0.497 e. The molecule has 0 radical (unpaired) electrons. The van der Waals surface area contributed by atoms with E-state index in [4.69, 9.17) is 9.47 Å². The van der Waals surface area contributed by atoms with Gasteiger partial charge in [-0.15, -0.1) is 0 Å². The first kappa shape index (κ1) is 23.2. The fourth-order valence-electron chi connectivity index (χ4n) is 4.38. The third-order valence-corrected chi connectivity index (χ3v) is 6.21. The molecule has 174 valence electrons. The zero-order valence-electron chi connectivity index (χ0n) is 19.8. The number of ketones is 1. The van der Waals surface area contributed by atoms with Crippen LogP contribution in [0.15, 0.2) is 77.9 Å². The summed E-state index contributed by atoms with van der Waals surface area (Å²) in [6.07, 6.45) is 0.137. The maximum atomic E-state index is 13.6. The predicted molar refractivity (Wildman–Crippen MR) is 133 cm³/mol. The highest BCUT2D eigenvalue weighted by atomic mass is 16.5. The van der Waals surface area contributed by atoms with Crippen molar-refractivity contribution in [2.75, 3.05) is 19.2 Å². The average Bonchev–Trinajstić information content (AvgIpc) is 3.16. The highest BCUT2D eigenvalue weighted by Gasteiger charge is 2.41. The number of benzene rings is 3. The molecule has 0 fully saturated rings. The molecule has 2 atom stereocenters. The van der Waals surface area contributed by atoms with Crippen molar-refractivity contribution in [1.29, 1.82) is 0 Å². The number of carbonyl (C=O) groups is 2. The lowest BCUT2D eigenvalue weighted by atomic mass is 9.79. The van der Waals surface area contributed by atoms with Crippen LogP contribution in [0, 0.1) is 12.8 Å². The summed E-state index contributed by atoms with van der Waals surface area (Å²) in [6, 6.07) is 22.5. The number of hydrogen-bond donors (Lipinski definition) is 0. The first-order valence-corrected chi connectivity index (χ1v) is 11.2. The van der Waals surface area contributed by atoms with Gasteiger partial charge in [-0.05, 0) is 43.7 Å². The Hall–Kier alpha value is -3.93. The molecule has 0 spiro atoms. The second-order valence-corrected chi connectivity index (χ2v) is 8.42. The summed E-state index contributed by atoms with van der Waals surface area (Å²) in [5, 5.41) is 6.01. The topological polar surface area (TPSA) is 68.2 Å². The van der Waals surface area contributed by atoms with Crippen LogP contribution in [-0.2, 0) is 4.79 Å². The molecule has 6 nitrogen and oxygen atoms in total. The number of hydrazone groups is 1. The van der Waals surface area contributed by atoms with Crippen LogP contribution < -0.4 is 14.5 Å². The van der Waals surface area contributed by atoms with Crippen LogP contribution >= 0.6 is 0 Å². The SMILES string of the molecule is COc1ccc(C(=O)CC(c2ccc(C)cc2)C2C(=O)N(c3ccccc3)N=C2C)c(OC)c1. The van der Waals surface area contributed by atoms with E-state index in [2.05, 4.69) is 5.10 Å². The van der Waals surface area contributed by atoms with Crippen LogP contribution in [0.2, 0.25) is 0 Å². The van der Waals surface area contributed by atoms with E-state index in [0.29, 0.717) is 28.5 Å². The zero-order chi connectivity index (χ0) is 24.2. The molecule has 6 heteroatoms. The Kier molecular flexibility index (Phi) is 6.77. The maximum absolute atomic E-state index is 13.6. The standard InChI is InChI=1S/C28H28N2O4/c1-18-10-12-20(13-11-18)24(17-25(31)23-15-14-22(33-3)16-26(23)34-4)27-19(2)29-30(28(27)32)21-8-6-5-7-9-21/h5-16,24,27H,17H2,1-4H3. The summed E-state index contributed by atoms with van der Waals surface area (Å²) in [4.78, 5) is 27.1. The van der Waals surface area contributed by atoms with Gasteiger partial charge >= 0.3 is 0 Å². The van der Waals surface area contributed by atoms with Crippen LogP contribution in [0.5, 0.6) is 11.5 Å². The summed E-state index contributed by atoms with van der Waals surface area (Å²) in [5.74, 6) is -0.106. The molecule has 1 aliphatic heterocycles. The van der Waals surface area contributed by atoms with Gasteiger partial charge in [-0.2, -0.15) is 5.10 Å². The average molecular weight is 457 g/mol. The van der Waals surface area contributed by atoms with E-state index in [1.165, 1.54) is 12.1 Å². The van der Waals surface area contributed by atoms with Crippen molar-refractivity contribution in [3.63, 3.8) is 0 Å². The number of anilines is 1. The first-order chi connectivity index (χ1) is 16.4. The fraction of sp³-hybridized carbons (Fsp3) is 0.250. The summed E-state index contributed by atoms with van der Waals surface area (Å²) in [6.45, 7) is 3.86. The smallest absolute Gasteiger partial charge is 0.256 e. The van der Waals surface area contributed by atoms with Crippen molar-refractivity contribution in [2.24, 2.45) is 11.0 Å². The van der Waals surface area contributed by atoms with Crippen LogP contribution in [0.1, 0.15) is 40.7 Å². The number of ether oxygens (including phenoxy) is 2. The van der Waals surface area contributed by atoms with Crippen LogP contribution in [0.3, 0.4) is 0 Å². The molecular formula is C28H28N2O4. The number of aryl methyl sites for hydroxylation is 1. The highest BCUT2D eigenvalue weighted by Crippen LogP contribution is 2.38. The molecule has 34 heavy (non-hydrogen) atoms. The molecule has 0 N–H and O–H groups in total. The number of rotatable bonds is 8. The van der Waals surface area contributed by atoms with Gasteiger partial charge in [0.1, 0.15) is 11.5 Å². The number of hydrogen-bond acceptors (Lipinski definition) is 5. The van der Waals surface area contributed by atoms with Crippen molar-refractivity contribution in [1.82, 2.24) is 0 Å². The molecule has 0 saturated carbocycles. The van der Waals surface area contributed by atoms with Gasteiger partial charge in [-0.25, -0.2) is 5.01 Å². The molecule has 1 heterocycles. The fourth-order valence-corrected chi connectivity index (χ4v) is 4.38. The summed E-state index contributed by atoms with van der Waals surface area (Å²) >= 11 is 0. The van der Waals surface area contributed by atoms with Gasteiger partial charge in [-0.3, -0.25) is 9.59 Å². The molecule has 0 aliphatic carbocycles. The third-order valence-electron chi connectivity index (χ3n) is 6.21. The lowest BCUT2D eigenvalue weighted by molar-refractivity contribution is -0.120. The molecule has 3 aromatic rings. The second kappa shape index (κ2) is 9.91. The maximum Gasteiger partial charge on any atom is 0.256 e. The molecule has 3 aromatic carbocycles. The zero-order valence-corrected chi connectivity index (χ0v) is 19.8. The van der Waals surface area contributed by atoms with Crippen molar-refractivity contribution >= 4 is 23.1 Å². The Balaban J connectivity index is 1.70. The van der Waals surface area contributed by atoms with Crippen molar-refractivity contribution in [2.45, 2.75) is 26.2 Å².